The molecule has 1 unspecified atom stereocenters. The Kier molecular flexibility index (Phi) is 6.67. The van der Waals surface area contributed by atoms with Crippen molar-refractivity contribution in [1.82, 2.24) is 5.32 Å². The summed E-state index contributed by atoms with van der Waals surface area (Å²) in [5.41, 5.74) is 1.25. The molecule has 1 rings (SSSR count). The van der Waals surface area contributed by atoms with E-state index < -0.39 is 0 Å². The summed E-state index contributed by atoms with van der Waals surface area (Å²) < 4.78 is 10.8. The highest BCUT2D eigenvalue weighted by Gasteiger charge is 2.02. The summed E-state index contributed by atoms with van der Waals surface area (Å²) in [6.07, 6.45) is 1.22. The molecule has 0 amide bonds. The highest BCUT2D eigenvalue weighted by molar-refractivity contribution is 5.26. The molecule has 0 saturated carbocycles. The van der Waals surface area contributed by atoms with E-state index in [9.17, 15) is 0 Å². The maximum absolute atomic E-state index is 5.78. The Labute approximate surface area is 104 Å². The zero-order chi connectivity index (χ0) is 12.5. The average molecular weight is 237 g/mol. The molecule has 1 atom stereocenters. The molecular weight excluding hydrogens is 214 g/mol. The van der Waals surface area contributed by atoms with Crippen LogP contribution in [0.1, 0.15) is 18.9 Å². The lowest BCUT2D eigenvalue weighted by Gasteiger charge is -2.15. The standard InChI is InChI=1S/C14H23NO2/c1-12-5-7-14(8-6-12)17-13(2)11-15-9-4-10-16-3/h5-8,13,15H,4,9-11H2,1-3H3. The molecule has 0 spiro atoms. The van der Waals surface area contributed by atoms with Gasteiger partial charge in [0.25, 0.3) is 0 Å². The number of ether oxygens (including phenoxy) is 2. The summed E-state index contributed by atoms with van der Waals surface area (Å²) >= 11 is 0. The van der Waals surface area contributed by atoms with Gasteiger partial charge in [-0.25, -0.2) is 0 Å². The molecule has 0 heterocycles. The molecule has 0 aromatic heterocycles. The van der Waals surface area contributed by atoms with E-state index in [1.807, 2.05) is 12.1 Å². The van der Waals surface area contributed by atoms with Crippen LogP contribution in [0.4, 0.5) is 0 Å². The van der Waals surface area contributed by atoms with Crippen LogP contribution in [0.15, 0.2) is 24.3 Å². The first kappa shape index (κ1) is 14.0. The summed E-state index contributed by atoms with van der Waals surface area (Å²) in [6, 6.07) is 8.15. The van der Waals surface area contributed by atoms with Crippen LogP contribution < -0.4 is 10.1 Å². The topological polar surface area (TPSA) is 30.5 Å². The number of nitrogens with one attached hydrogen (secondary N) is 1. The Balaban J connectivity index is 2.16. The number of hydrogen-bond acceptors (Lipinski definition) is 3. The summed E-state index contributed by atoms with van der Waals surface area (Å²) in [7, 11) is 1.73. The first-order valence-electron chi connectivity index (χ1n) is 6.15. The van der Waals surface area contributed by atoms with Crippen LogP contribution in [0.2, 0.25) is 0 Å². The fourth-order valence-corrected chi connectivity index (χ4v) is 1.54. The molecule has 0 bridgehead atoms. The lowest BCUT2D eigenvalue weighted by atomic mass is 10.2. The predicted octanol–water partition coefficient (Wildman–Crippen LogP) is 2.39. The number of hydrogen-bond donors (Lipinski definition) is 1. The van der Waals surface area contributed by atoms with Crippen molar-refractivity contribution in [2.75, 3.05) is 26.8 Å². The van der Waals surface area contributed by atoms with Gasteiger partial charge in [0.2, 0.25) is 0 Å². The van der Waals surface area contributed by atoms with Gasteiger partial charge in [-0.1, -0.05) is 17.7 Å². The second-order valence-electron chi connectivity index (χ2n) is 4.29. The van der Waals surface area contributed by atoms with Crippen LogP contribution in [-0.2, 0) is 4.74 Å². The smallest absolute Gasteiger partial charge is 0.119 e. The lowest BCUT2D eigenvalue weighted by Crippen LogP contribution is -2.30. The van der Waals surface area contributed by atoms with Gasteiger partial charge in [0, 0.05) is 20.3 Å². The van der Waals surface area contributed by atoms with Crippen LogP contribution in [0.25, 0.3) is 0 Å². The van der Waals surface area contributed by atoms with Crippen molar-refractivity contribution in [3.8, 4) is 5.75 Å². The second kappa shape index (κ2) is 8.09. The van der Waals surface area contributed by atoms with Crippen molar-refractivity contribution < 1.29 is 9.47 Å². The monoisotopic (exact) mass is 237 g/mol. The van der Waals surface area contributed by atoms with Gasteiger partial charge < -0.3 is 14.8 Å². The number of methoxy groups -OCH3 is 1. The van der Waals surface area contributed by atoms with Gasteiger partial charge in [-0.3, -0.25) is 0 Å². The van der Waals surface area contributed by atoms with Crippen LogP contribution in [0.3, 0.4) is 0 Å². The number of benzene rings is 1. The minimum Gasteiger partial charge on any atom is -0.489 e. The van der Waals surface area contributed by atoms with Gasteiger partial charge in [0.1, 0.15) is 11.9 Å². The maximum Gasteiger partial charge on any atom is 0.119 e. The average Bonchev–Trinajstić information content (AvgIpc) is 2.32. The van der Waals surface area contributed by atoms with Gasteiger partial charge in [-0.15, -0.1) is 0 Å². The van der Waals surface area contributed by atoms with Crippen LogP contribution in [0, 0.1) is 6.92 Å². The highest BCUT2D eigenvalue weighted by atomic mass is 16.5. The number of rotatable bonds is 8. The van der Waals surface area contributed by atoms with Crippen LogP contribution in [0.5, 0.6) is 5.75 Å². The van der Waals surface area contributed by atoms with Gasteiger partial charge in [-0.05, 0) is 38.9 Å². The maximum atomic E-state index is 5.78. The third-order valence-corrected chi connectivity index (χ3v) is 2.49. The lowest BCUT2D eigenvalue weighted by molar-refractivity contribution is 0.188. The van der Waals surface area contributed by atoms with E-state index in [2.05, 4.69) is 31.3 Å². The van der Waals surface area contributed by atoms with Crippen molar-refractivity contribution in [3.05, 3.63) is 29.8 Å². The fourth-order valence-electron chi connectivity index (χ4n) is 1.54. The van der Waals surface area contributed by atoms with E-state index in [1.54, 1.807) is 7.11 Å². The van der Waals surface area contributed by atoms with E-state index in [-0.39, 0.29) is 6.10 Å². The van der Waals surface area contributed by atoms with Gasteiger partial charge in [0.05, 0.1) is 0 Å². The summed E-state index contributed by atoms with van der Waals surface area (Å²) in [5, 5.41) is 3.35. The van der Waals surface area contributed by atoms with E-state index >= 15 is 0 Å². The van der Waals surface area contributed by atoms with Crippen molar-refractivity contribution in [2.45, 2.75) is 26.4 Å². The Morgan fingerprint density at radius 3 is 2.59 bits per heavy atom. The zero-order valence-corrected chi connectivity index (χ0v) is 11.0. The zero-order valence-electron chi connectivity index (χ0n) is 11.0. The molecule has 0 aliphatic rings. The number of aryl methyl sites for hydroxylation is 1. The highest BCUT2D eigenvalue weighted by Crippen LogP contribution is 2.12. The van der Waals surface area contributed by atoms with Gasteiger partial charge in [-0.2, -0.15) is 0 Å². The van der Waals surface area contributed by atoms with Crippen molar-refractivity contribution in [3.63, 3.8) is 0 Å². The van der Waals surface area contributed by atoms with Gasteiger partial charge >= 0.3 is 0 Å². The summed E-state index contributed by atoms with van der Waals surface area (Å²) in [4.78, 5) is 0. The minimum absolute atomic E-state index is 0.181. The normalized spacial score (nSPS) is 12.4. The first-order chi connectivity index (χ1) is 8.22. The molecule has 0 radical (unpaired) electrons. The quantitative estimate of drug-likeness (QED) is 0.704. The van der Waals surface area contributed by atoms with Crippen molar-refractivity contribution >= 4 is 0 Å². The third kappa shape index (κ3) is 6.29. The Morgan fingerprint density at radius 2 is 1.94 bits per heavy atom. The minimum atomic E-state index is 0.181. The summed E-state index contributed by atoms with van der Waals surface area (Å²) in [6.45, 7) is 6.78. The van der Waals surface area contributed by atoms with Crippen molar-refractivity contribution in [1.29, 1.82) is 0 Å². The molecule has 0 aliphatic carbocycles. The molecule has 0 saturated heterocycles. The molecule has 0 fully saturated rings. The largest absolute Gasteiger partial charge is 0.489 e. The van der Waals surface area contributed by atoms with E-state index in [0.29, 0.717) is 0 Å². The molecule has 3 heteroatoms. The fraction of sp³-hybridized carbons (Fsp3) is 0.571. The first-order valence-corrected chi connectivity index (χ1v) is 6.15. The van der Waals surface area contributed by atoms with Crippen LogP contribution in [-0.4, -0.2) is 32.9 Å². The molecule has 0 aliphatic heterocycles. The molecule has 1 aromatic carbocycles. The Hall–Kier alpha value is -1.06. The second-order valence-corrected chi connectivity index (χ2v) is 4.29. The van der Waals surface area contributed by atoms with E-state index in [1.165, 1.54) is 5.56 Å². The third-order valence-electron chi connectivity index (χ3n) is 2.49. The molecule has 3 nitrogen and oxygen atoms in total. The van der Waals surface area contributed by atoms with E-state index in [4.69, 9.17) is 9.47 Å². The van der Waals surface area contributed by atoms with Gasteiger partial charge in [0.15, 0.2) is 0 Å². The molecule has 1 N–H and O–H groups in total. The van der Waals surface area contributed by atoms with Crippen LogP contribution >= 0.6 is 0 Å². The predicted molar refractivity (Wildman–Crippen MR) is 70.6 cm³/mol. The summed E-state index contributed by atoms with van der Waals surface area (Å²) in [5.74, 6) is 0.932. The molecule has 1 aromatic rings. The Morgan fingerprint density at radius 1 is 1.24 bits per heavy atom. The Bertz CT molecular complexity index is 298. The SMILES string of the molecule is COCCCNCC(C)Oc1ccc(C)cc1. The van der Waals surface area contributed by atoms with Crippen molar-refractivity contribution in [2.24, 2.45) is 0 Å². The molecule has 96 valence electrons. The molecule has 17 heavy (non-hydrogen) atoms. The molecular formula is C14H23NO2. The van der Waals surface area contributed by atoms with E-state index in [0.717, 1.165) is 31.9 Å².